The maximum Gasteiger partial charge on any atom is 0.303 e. The standard InChI is InChI=1S/C11H18N2O4/c1-12(5-3-4-10(15)16)11(17)8-6-9(14)13(2)7-8/h8H,3-7H2,1-2H3,(H,15,16). The van der Waals surface area contributed by atoms with Crippen LogP contribution in [0, 0.1) is 5.92 Å². The van der Waals surface area contributed by atoms with Gasteiger partial charge in [-0.1, -0.05) is 0 Å². The molecule has 0 saturated carbocycles. The lowest BCUT2D eigenvalue weighted by Crippen LogP contribution is -2.35. The Hall–Kier alpha value is -1.59. The Morgan fingerprint density at radius 1 is 1.53 bits per heavy atom. The van der Waals surface area contributed by atoms with E-state index in [9.17, 15) is 14.4 Å². The largest absolute Gasteiger partial charge is 0.481 e. The molecule has 1 aliphatic rings. The van der Waals surface area contributed by atoms with Crippen LogP contribution in [0.25, 0.3) is 0 Å². The molecule has 0 aromatic rings. The lowest BCUT2D eigenvalue weighted by molar-refractivity contribution is -0.138. The summed E-state index contributed by atoms with van der Waals surface area (Å²) in [7, 11) is 3.33. The summed E-state index contributed by atoms with van der Waals surface area (Å²) in [6, 6.07) is 0. The van der Waals surface area contributed by atoms with Gasteiger partial charge >= 0.3 is 5.97 Å². The van der Waals surface area contributed by atoms with Gasteiger partial charge in [-0.05, 0) is 6.42 Å². The highest BCUT2D eigenvalue weighted by atomic mass is 16.4. The van der Waals surface area contributed by atoms with Gasteiger partial charge in [-0.3, -0.25) is 14.4 Å². The van der Waals surface area contributed by atoms with Crippen molar-refractivity contribution in [3.8, 4) is 0 Å². The molecule has 0 aromatic carbocycles. The maximum absolute atomic E-state index is 11.9. The minimum Gasteiger partial charge on any atom is -0.481 e. The van der Waals surface area contributed by atoms with E-state index in [4.69, 9.17) is 5.11 Å². The molecule has 0 aromatic heterocycles. The summed E-state index contributed by atoms with van der Waals surface area (Å²) >= 11 is 0. The zero-order valence-electron chi connectivity index (χ0n) is 10.2. The molecule has 1 aliphatic heterocycles. The van der Waals surface area contributed by atoms with E-state index < -0.39 is 5.97 Å². The minimum absolute atomic E-state index is 0.0118. The summed E-state index contributed by atoms with van der Waals surface area (Å²) < 4.78 is 0. The maximum atomic E-state index is 11.9. The molecule has 1 saturated heterocycles. The number of amides is 2. The van der Waals surface area contributed by atoms with Gasteiger partial charge in [0, 0.05) is 40.0 Å². The highest BCUT2D eigenvalue weighted by molar-refractivity contribution is 5.89. The molecule has 1 N–H and O–H groups in total. The number of carboxylic acids is 1. The highest BCUT2D eigenvalue weighted by Crippen LogP contribution is 2.18. The average Bonchev–Trinajstić information content (AvgIpc) is 2.57. The van der Waals surface area contributed by atoms with Gasteiger partial charge < -0.3 is 14.9 Å². The van der Waals surface area contributed by atoms with Gasteiger partial charge in [0.2, 0.25) is 11.8 Å². The van der Waals surface area contributed by atoms with Crippen molar-refractivity contribution in [1.82, 2.24) is 9.80 Å². The molecule has 1 atom stereocenters. The number of hydrogen-bond donors (Lipinski definition) is 1. The van der Waals surface area contributed by atoms with E-state index in [0.29, 0.717) is 19.5 Å². The third-order valence-electron chi connectivity index (χ3n) is 2.95. The Balaban J connectivity index is 2.37. The van der Waals surface area contributed by atoms with Crippen LogP contribution in [0.1, 0.15) is 19.3 Å². The van der Waals surface area contributed by atoms with E-state index in [0.717, 1.165) is 0 Å². The van der Waals surface area contributed by atoms with Crippen LogP contribution in [0.2, 0.25) is 0 Å². The molecule has 1 unspecified atom stereocenters. The molecule has 17 heavy (non-hydrogen) atoms. The number of rotatable bonds is 5. The molecule has 1 rings (SSSR count). The van der Waals surface area contributed by atoms with Crippen molar-refractivity contribution in [2.24, 2.45) is 5.92 Å². The Bertz CT molecular complexity index is 329. The van der Waals surface area contributed by atoms with Crippen LogP contribution >= 0.6 is 0 Å². The van der Waals surface area contributed by atoms with Crippen molar-refractivity contribution < 1.29 is 19.5 Å². The van der Waals surface area contributed by atoms with Crippen LogP contribution < -0.4 is 0 Å². The van der Waals surface area contributed by atoms with Crippen LogP contribution in [-0.2, 0) is 14.4 Å². The molecular formula is C11H18N2O4. The Labute approximate surface area is 100 Å². The van der Waals surface area contributed by atoms with E-state index in [1.807, 2.05) is 0 Å². The smallest absolute Gasteiger partial charge is 0.303 e. The molecule has 2 amide bonds. The number of carboxylic acid groups (broad SMARTS) is 1. The normalized spacial score (nSPS) is 19.5. The predicted octanol–water partition coefficient (Wildman–Crippen LogP) is -0.212. The van der Waals surface area contributed by atoms with Gasteiger partial charge in [0.05, 0.1) is 5.92 Å². The zero-order chi connectivity index (χ0) is 13.0. The summed E-state index contributed by atoms with van der Waals surface area (Å²) in [6.07, 6.45) is 0.758. The van der Waals surface area contributed by atoms with Gasteiger partial charge in [0.1, 0.15) is 0 Å². The quantitative estimate of drug-likeness (QED) is 0.723. The lowest BCUT2D eigenvalue weighted by atomic mass is 10.1. The molecular weight excluding hydrogens is 224 g/mol. The Morgan fingerprint density at radius 2 is 2.18 bits per heavy atom. The van der Waals surface area contributed by atoms with Crippen LogP contribution in [0.3, 0.4) is 0 Å². The minimum atomic E-state index is -0.860. The number of carbonyl (C=O) groups is 3. The third-order valence-corrected chi connectivity index (χ3v) is 2.95. The van der Waals surface area contributed by atoms with Gasteiger partial charge in [-0.15, -0.1) is 0 Å². The molecule has 6 heteroatoms. The van der Waals surface area contributed by atoms with E-state index in [2.05, 4.69) is 0 Å². The van der Waals surface area contributed by atoms with Crippen molar-refractivity contribution in [1.29, 1.82) is 0 Å². The monoisotopic (exact) mass is 242 g/mol. The summed E-state index contributed by atoms with van der Waals surface area (Å²) in [6.45, 7) is 0.875. The summed E-state index contributed by atoms with van der Waals surface area (Å²) in [5.41, 5.74) is 0. The highest BCUT2D eigenvalue weighted by Gasteiger charge is 2.33. The molecule has 0 bridgehead atoms. The molecule has 6 nitrogen and oxygen atoms in total. The lowest BCUT2D eigenvalue weighted by Gasteiger charge is -2.20. The molecule has 0 aliphatic carbocycles. The van der Waals surface area contributed by atoms with Crippen LogP contribution in [-0.4, -0.2) is 59.9 Å². The van der Waals surface area contributed by atoms with Gasteiger partial charge in [0.25, 0.3) is 0 Å². The van der Waals surface area contributed by atoms with Crippen LogP contribution in [0.15, 0.2) is 0 Å². The van der Waals surface area contributed by atoms with Crippen LogP contribution in [0.4, 0.5) is 0 Å². The molecule has 0 spiro atoms. The predicted molar refractivity (Wildman–Crippen MR) is 60.3 cm³/mol. The fourth-order valence-corrected chi connectivity index (χ4v) is 1.92. The average molecular weight is 242 g/mol. The number of hydrogen-bond acceptors (Lipinski definition) is 3. The topological polar surface area (TPSA) is 77.9 Å². The summed E-state index contributed by atoms with van der Waals surface area (Å²) in [5, 5.41) is 8.49. The first-order valence-corrected chi connectivity index (χ1v) is 5.62. The summed E-state index contributed by atoms with van der Waals surface area (Å²) in [4.78, 5) is 36.6. The van der Waals surface area contributed by atoms with Crippen LogP contribution in [0.5, 0.6) is 0 Å². The summed E-state index contributed by atoms with van der Waals surface area (Å²) in [5.74, 6) is -1.22. The molecule has 1 fully saturated rings. The number of carbonyl (C=O) groups excluding carboxylic acids is 2. The Kier molecular flexibility index (Phi) is 4.48. The first-order chi connectivity index (χ1) is 7.91. The van der Waals surface area contributed by atoms with E-state index in [1.165, 1.54) is 4.90 Å². The fourth-order valence-electron chi connectivity index (χ4n) is 1.92. The third kappa shape index (κ3) is 3.72. The van der Waals surface area contributed by atoms with Crippen molar-refractivity contribution in [2.45, 2.75) is 19.3 Å². The number of aliphatic carboxylic acids is 1. The first-order valence-electron chi connectivity index (χ1n) is 5.62. The first kappa shape index (κ1) is 13.5. The van der Waals surface area contributed by atoms with Gasteiger partial charge in [-0.2, -0.15) is 0 Å². The fraction of sp³-hybridized carbons (Fsp3) is 0.727. The molecule has 0 radical (unpaired) electrons. The Morgan fingerprint density at radius 3 is 2.65 bits per heavy atom. The SMILES string of the molecule is CN1CC(C(=O)N(C)CCCC(=O)O)CC1=O. The van der Waals surface area contributed by atoms with Gasteiger partial charge in [0.15, 0.2) is 0 Å². The van der Waals surface area contributed by atoms with E-state index in [-0.39, 0.29) is 30.6 Å². The van der Waals surface area contributed by atoms with E-state index >= 15 is 0 Å². The number of likely N-dealkylation sites (tertiary alicyclic amines) is 1. The van der Waals surface area contributed by atoms with Gasteiger partial charge in [-0.25, -0.2) is 0 Å². The second-order valence-corrected chi connectivity index (χ2v) is 4.43. The zero-order valence-corrected chi connectivity index (χ0v) is 10.2. The molecule has 96 valence electrons. The number of nitrogens with zero attached hydrogens (tertiary/aromatic N) is 2. The molecule has 1 heterocycles. The van der Waals surface area contributed by atoms with Crippen molar-refractivity contribution in [3.63, 3.8) is 0 Å². The second-order valence-electron chi connectivity index (χ2n) is 4.43. The van der Waals surface area contributed by atoms with Crippen molar-refractivity contribution in [2.75, 3.05) is 27.2 Å². The van der Waals surface area contributed by atoms with E-state index in [1.54, 1.807) is 19.0 Å². The second kappa shape index (κ2) is 5.65. The van der Waals surface area contributed by atoms with Crippen molar-refractivity contribution >= 4 is 17.8 Å². The van der Waals surface area contributed by atoms with Crippen molar-refractivity contribution in [3.05, 3.63) is 0 Å².